The summed E-state index contributed by atoms with van der Waals surface area (Å²) in [4.78, 5) is 1.97. The summed E-state index contributed by atoms with van der Waals surface area (Å²) >= 11 is 0. The van der Waals surface area contributed by atoms with Gasteiger partial charge >= 0.3 is 0 Å². The number of nitrogens with zero attached hydrogens (tertiary/aromatic N) is 2. The number of likely N-dealkylation sites (N-methyl/N-ethyl adjacent to an activating group) is 1. The molecule has 0 radical (unpaired) electrons. The Morgan fingerprint density at radius 1 is 1.35 bits per heavy atom. The van der Waals surface area contributed by atoms with E-state index in [0.717, 1.165) is 12.8 Å². The Bertz CT molecular complexity index is 365. The second-order valence-corrected chi connectivity index (χ2v) is 7.56. The molecule has 5 nitrogen and oxygen atoms in total. The van der Waals surface area contributed by atoms with Crippen molar-refractivity contribution in [1.82, 2.24) is 9.21 Å². The lowest BCUT2D eigenvalue weighted by Crippen LogP contribution is -2.42. The van der Waals surface area contributed by atoms with Crippen molar-refractivity contribution in [2.45, 2.75) is 31.4 Å². The van der Waals surface area contributed by atoms with Gasteiger partial charge in [-0.2, -0.15) is 4.31 Å². The Balaban J connectivity index is 2.05. The minimum atomic E-state index is -3.18. The van der Waals surface area contributed by atoms with E-state index in [4.69, 9.17) is 0 Å². The summed E-state index contributed by atoms with van der Waals surface area (Å²) in [6.45, 7) is 0.953. The van der Waals surface area contributed by atoms with Crippen molar-refractivity contribution in [3.63, 3.8) is 0 Å². The summed E-state index contributed by atoms with van der Waals surface area (Å²) < 4.78 is 26.0. The van der Waals surface area contributed by atoms with E-state index in [-0.39, 0.29) is 18.3 Å². The van der Waals surface area contributed by atoms with Crippen molar-refractivity contribution in [2.24, 2.45) is 5.92 Å². The summed E-state index contributed by atoms with van der Waals surface area (Å²) in [5.74, 6) is 0.627. The normalized spacial score (nSPS) is 31.3. The first-order valence-electron chi connectivity index (χ1n) is 6.21. The van der Waals surface area contributed by atoms with E-state index in [9.17, 15) is 13.5 Å². The van der Waals surface area contributed by atoms with Crippen LogP contribution in [0.1, 0.15) is 19.3 Å². The van der Waals surface area contributed by atoms with Crippen LogP contribution < -0.4 is 0 Å². The molecule has 1 saturated carbocycles. The number of β-amino-alcohol motifs (C(OH)–C–C–N with tert-alkyl or cyclic N) is 1. The highest BCUT2D eigenvalue weighted by Gasteiger charge is 2.41. The van der Waals surface area contributed by atoms with E-state index in [1.54, 1.807) is 0 Å². The van der Waals surface area contributed by atoms with Gasteiger partial charge in [0, 0.05) is 19.1 Å². The number of aliphatic hydroxyl groups excluding tert-OH is 1. The lowest BCUT2D eigenvalue weighted by Gasteiger charge is -2.26. The highest BCUT2D eigenvalue weighted by atomic mass is 32.2. The van der Waals surface area contributed by atoms with E-state index in [1.165, 1.54) is 4.31 Å². The van der Waals surface area contributed by atoms with E-state index in [0.29, 0.717) is 18.9 Å². The first-order valence-corrected chi connectivity index (χ1v) is 7.81. The Morgan fingerprint density at radius 2 is 2.00 bits per heavy atom. The van der Waals surface area contributed by atoms with E-state index < -0.39 is 16.1 Å². The monoisotopic (exact) mass is 262 g/mol. The van der Waals surface area contributed by atoms with Gasteiger partial charge in [-0.3, -0.25) is 0 Å². The molecule has 2 atom stereocenters. The van der Waals surface area contributed by atoms with Gasteiger partial charge in [0.1, 0.15) is 0 Å². The third kappa shape index (κ3) is 3.40. The first kappa shape index (κ1) is 13.3. The Labute approximate surface area is 103 Å². The number of hydrogen-bond acceptors (Lipinski definition) is 4. The smallest absolute Gasteiger partial charge is 0.214 e. The van der Waals surface area contributed by atoms with Crippen LogP contribution in [0.2, 0.25) is 0 Å². The maximum atomic E-state index is 12.2. The fourth-order valence-corrected chi connectivity index (χ4v) is 4.60. The predicted molar refractivity (Wildman–Crippen MR) is 66.2 cm³/mol. The Kier molecular flexibility index (Phi) is 3.77. The number of rotatable bonds is 5. The third-order valence-corrected chi connectivity index (χ3v) is 5.47. The van der Waals surface area contributed by atoms with Crippen LogP contribution >= 0.6 is 0 Å². The van der Waals surface area contributed by atoms with Crippen LogP contribution in [0.3, 0.4) is 0 Å². The fourth-order valence-electron chi connectivity index (χ4n) is 2.47. The molecule has 2 rings (SSSR count). The van der Waals surface area contributed by atoms with Crippen LogP contribution in [0.4, 0.5) is 0 Å². The largest absolute Gasteiger partial charge is 0.392 e. The molecule has 2 unspecified atom stereocenters. The van der Waals surface area contributed by atoms with Crippen LogP contribution in [-0.4, -0.2) is 67.8 Å². The van der Waals surface area contributed by atoms with Gasteiger partial charge in [-0.25, -0.2) is 8.42 Å². The van der Waals surface area contributed by atoms with Crippen LogP contribution in [0.15, 0.2) is 0 Å². The molecule has 1 N–H and O–H groups in total. The van der Waals surface area contributed by atoms with Crippen molar-refractivity contribution in [3.05, 3.63) is 0 Å². The second kappa shape index (κ2) is 4.84. The number of aliphatic hydroxyl groups is 1. The quantitative estimate of drug-likeness (QED) is 0.740. The molecule has 6 heteroatoms. The number of sulfonamides is 1. The molecule has 0 aromatic rings. The van der Waals surface area contributed by atoms with Gasteiger partial charge in [0.25, 0.3) is 0 Å². The molecular formula is C11H22N2O3S. The summed E-state index contributed by atoms with van der Waals surface area (Å²) in [6.07, 6.45) is 2.12. The number of hydrogen-bond donors (Lipinski definition) is 1. The van der Waals surface area contributed by atoms with Crippen molar-refractivity contribution in [1.29, 1.82) is 0 Å². The van der Waals surface area contributed by atoms with E-state index >= 15 is 0 Å². The molecule has 1 saturated heterocycles. The van der Waals surface area contributed by atoms with E-state index in [2.05, 4.69) is 0 Å². The predicted octanol–water partition coefficient (Wildman–Crippen LogP) is -0.277. The molecule has 0 bridgehead atoms. The molecule has 2 aliphatic rings. The maximum absolute atomic E-state index is 12.2. The van der Waals surface area contributed by atoms with Crippen molar-refractivity contribution in [3.8, 4) is 0 Å². The molecule has 17 heavy (non-hydrogen) atoms. The maximum Gasteiger partial charge on any atom is 0.214 e. The average Bonchev–Trinajstić information content (AvgIpc) is 2.88. The lowest BCUT2D eigenvalue weighted by atomic mass is 10.2. The highest BCUT2D eigenvalue weighted by Crippen LogP contribution is 2.33. The summed E-state index contributed by atoms with van der Waals surface area (Å²) in [7, 11) is 0.676. The van der Waals surface area contributed by atoms with Gasteiger partial charge in [-0.05, 0) is 39.3 Å². The minimum Gasteiger partial charge on any atom is -0.392 e. The molecule has 0 aromatic carbocycles. The van der Waals surface area contributed by atoms with Gasteiger partial charge in [-0.1, -0.05) is 0 Å². The van der Waals surface area contributed by atoms with E-state index in [1.807, 2.05) is 19.0 Å². The molecule has 1 heterocycles. The molecule has 0 aromatic heterocycles. The average molecular weight is 262 g/mol. The first-order chi connectivity index (χ1) is 7.88. The third-order valence-electron chi connectivity index (χ3n) is 3.42. The van der Waals surface area contributed by atoms with Crippen molar-refractivity contribution in [2.75, 3.05) is 32.9 Å². The zero-order valence-corrected chi connectivity index (χ0v) is 11.4. The fraction of sp³-hybridized carbons (Fsp3) is 1.00. The van der Waals surface area contributed by atoms with Gasteiger partial charge < -0.3 is 10.0 Å². The minimum absolute atomic E-state index is 0.0660. The van der Waals surface area contributed by atoms with Gasteiger partial charge in [0.15, 0.2) is 0 Å². The second-order valence-electron chi connectivity index (χ2n) is 5.60. The van der Waals surface area contributed by atoms with Gasteiger partial charge in [0.2, 0.25) is 10.0 Å². The van der Waals surface area contributed by atoms with Crippen molar-refractivity contribution < 1.29 is 13.5 Å². The SMILES string of the molecule is CN(C)CC1CC(O)CN1S(=O)(=O)CC1CC1. The van der Waals surface area contributed by atoms with Crippen LogP contribution in [-0.2, 0) is 10.0 Å². The standard InChI is InChI=1S/C11H22N2O3S/c1-12(2)6-10-5-11(14)7-13(10)17(15,16)8-9-3-4-9/h9-11,14H,3-8H2,1-2H3. The zero-order chi connectivity index (χ0) is 12.6. The van der Waals surface area contributed by atoms with Crippen LogP contribution in [0.5, 0.6) is 0 Å². The zero-order valence-electron chi connectivity index (χ0n) is 10.5. The van der Waals surface area contributed by atoms with Gasteiger partial charge in [0.05, 0.1) is 11.9 Å². The molecule has 0 spiro atoms. The van der Waals surface area contributed by atoms with Crippen molar-refractivity contribution >= 4 is 10.0 Å². The Morgan fingerprint density at radius 3 is 2.53 bits per heavy atom. The van der Waals surface area contributed by atoms with Crippen LogP contribution in [0, 0.1) is 5.92 Å². The molecule has 0 amide bonds. The summed E-state index contributed by atoms with van der Waals surface area (Å²) in [5, 5.41) is 9.67. The molecule has 2 fully saturated rings. The summed E-state index contributed by atoms with van der Waals surface area (Å²) in [6, 6.07) is -0.0660. The summed E-state index contributed by atoms with van der Waals surface area (Å²) in [5.41, 5.74) is 0. The Hall–Kier alpha value is -0.170. The lowest BCUT2D eigenvalue weighted by molar-refractivity contribution is 0.188. The van der Waals surface area contributed by atoms with Gasteiger partial charge in [-0.15, -0.1) is 0 Å². The van der Waals surface area contributed by atoms with Crippen LogP contribution in [0.25, 0.3) is 0 Å². The molecular weight excluding hydrogens is 240 g/mol. The molecule has 1 aliphatic heterocycles. The molecule has 100 valence electrons. The molecule has 1 aliphatic carbocycles. The topological polar surface area (TPSA) is 60.9 Å². The highest BCUT2D eigenvalue weighted by molar-refractivity contribution is 7.89.